The molecule has 0 bridgehead atoms. The van der Waals surface area contributed by atoms with Gasteiger partial charge in [0.1, 0.15) is 11.5 Å². The zero-order chi connectivity index (χ0) is 33.6. The first-order chi connectivity index (χ1) is 22.8. The number of halogens is 4. The number of imide groups is 1. The summed E-state index contributed by atoms with van der Waals surface area (Å²) < 4.78 is 0. The summed E-state index contributed by atoms with van der Waals surface area (Å²) in [6, 6.07) is 11.4. The zero-order valence-corrected chi connectivity index (χ0v) is 31.0. The van der Waals surface area contributed by atoms with Crippen LogP contribution in [0.2, 0.25) is 15.1 Å². The summed E-state index contributed by atoms with van der Waals surface area (Å²) in [5, 5.41) is 5.20. The van der Waals surface area contributed by atoms with E-state index in [2.05, 4.69) is 24.5 Å². The number of rotatable bonds is 21. The predicted molar refractivity (Wildman–Crippen MR) is 199 cm³/mol. The lowest BCUT2D eigenvalue weighted by Crippen LogP contribution is -2.57. The Morgan fingerprint density at radius 3 is 1.87 bits per heavy atom. The summed E-state index contributed by atoms with van der Waals surface area (Å²) in [5.41, 5.74) is 5.96. The molecule has 4 rings (SSSR count). The van der Waals surface area contributed by atoms with Crippen molar-refractivity contribution in [3.05, 3.63) is 57.0 Å². The lowest BCUT2D eigenvalue weighted by Gasteiger charge is -2.37. The minimum absolute atomic E-state index is 0.0267. The van der Waals surface area contributed by atoms with Gasteiger partial charge in [0.05, 0.1) is 27.8 Å². The molecule has 2 aliphatic rings. The third-order valence-corrected chi connectivity index (χ3v) is 10.4. The molecule has 2 fully saturated rings. The second-order valence-electron chi connectivity index (χ2n) is 13.1. The molecular weight excluding hydrogens is 674 g/mol. The van der Waals surface area contributed by atoms with Gasteiger partial charge in [0, 0.05) is 18.0 Å². The Morgan fingerprint density at radius 2 is 1.34 bits per heavy atom. The molecule has 260 valence electrons. The van der Waals surface area contributed by atoms with Crippen molar-refractivity contribution in [3.8, 4) is 0 Å². The van der Waals surface area contributed by atoms with Crippen molar-refractivity contribution >= 4 is 69.6 Å². The predicted octanol–water partition coefficient (Wildman–Crippen LogP) is 11.3. The van der Waals surface area contributed by atoms with E-state index < -0.39 is 17.5 Å². The molecule has 2 heterocycles. The topological polar surface area (TPSA) is 55.9 Å². The Morgan fingerprint density at radius 1 is 0.787 bits per heavy atom. The maximum absolute atomic E-state index is 13.1. The molecule has 0 aliphatic carbocycles. The fraction of sp³-hybridized carbons (Fsp3) is 0.622. The van der Waals surface area contributed by atoms with Crippen LogP contribution in [0.15, 0.2) is 36.4 Å². The molecule has 0 radical (unpaired) electrons. The number of carbonyl (C=O) groups is 2. The quantitative estimate of drug-likeness (QED) is 0.0789. The number of nitrogens with one attached hydrogen (secondary N) is 1. The number of alkyl halides is 1. The van der Waals surface area contributed by atoms with E-state index in [4.69, 9.17) is 46.4 Å². The minimum atomic E-state index is -0.879. The van der Waals surface area contributed by atoms with Crippen LogP contribution >= 0.6 is 46.4 Å². The average molecular weight is 727 g/mol. The average Bonchev–Trinajstić information content (AvgIpc) is 3.60. The van der Waals surface area contributed by atoms with Crippen LogP contribution in [0.5, 0.6) is 0 Å². The van der Waals surface area contributed by atoms with E-state index in [1.54, 1.807) is 17.1 Å². The molecule has 0 saturated carbocycles. The first-order valence-electron chi connectivity index (χ1n) is 17.9. The van der Waals surface area contributed by atoms with Crippen LogP contribution in [0.3, 0.4) is 0 Å². The molecule has 2 saturated heterocycles. The number of anilines is 2. The Bertz CT molecular complexity index is 1270. The van der Waals surface area contributed by atoms with E-state index in [-0.39, 0.29) is 12.3 Å². The van der Waals surface area contributed by atoms with Crippen LogP contribution in [0.4, 0.5) is 11.4 Å². The number of carbonyl (C=O) groups excluding carboxylic acids is 2. The number of benzene rings is 2. The molecular formula is C37H52Cl4N4O2. The molecule has 47 heavy (non-hydrogen) atoms. The molecule has 2 atom stereocenters. The normalized spacial score (nSPS) is 18.1. The smallest absolute Gasteiger partial charge is 0.266 e. The molecule has 2 aromatic carbocycles. The van der Waals surface area contributed by atoms with E-state index >= 15 is 0 Å². The fourth-order valence-electron chi connectivity index (χ4n) is 6.68. The maximum Gasteiger partial charge on any atom is 0.266 e. The van der Waals surface area contributed by atoms with E-state index in [1.165, 1.54) is 107 Å². The summed E-state index contributed by atoms with van der Waals surface area (Å²) in [5.74, 6) is -0.733. The van der Waals surface area contributed by atoms with Gasteiger partial charge in [-0.1, -0.05) is 150 Å². The van der Waals surface area contributed by atoms with E-state index in [1.807, 2.05) is 17.1 Å². The van der Waals surface area contributed by atoms with E-state index in [9.17, 15) is 9.59 Å². The third-order valence-electron chi connectivity index (χ3n) is 9.25. The number of amides is 2. The van der Waals surface area contributed by atoms with Crippen molar-refractivity contribution in [2.45, 2.75) is 140 Å². The second-order valence-corrected chi connectivity index (χ2v) is 14.9. The zero-order valence-electron chi connectivity index (χ0n) is 27.9. The lowest BCUT2D eigenvalue weighted by molar-refractivity contribution is -0.139. The molecule has 0 aromatic heterocycles. The fourth-order valence-corrected chi connectivity index (χ4v) is 7.93. The monoisotopic (exact) mass is 724 g/mol. The summed E-state index contributed by atoms with van der Waals surface area (Å²) in [6.45, 7) is 2.83. The number of unbranched alkanes of at least 4 members (excludes halogenated alkanes) is 15. The van der Waals surface area contributed by atoms with Crippen LogP contribution in [0.25, 0.3) is 0 Å². The van der Waals surface area contributed by atoms with Crippen molar-refractivity contribution in [2.24, 2.45) is 0 Å². The second kappa shape index (κ2) is 20.1. The molecule has 2 aliphatic heterocycles. The number of hydrogen-bond donors (Lipinski definition) is 1. The number of hydrogen-bond acceptors (Lipinski definition) is 5. The summed E-state index contributed by atoms with van der Waals surface area (Å²) in [6.07, 6.45) is 22.6. The number of aryl methyl sites for hydroxylation is 1. The maximum atomic E-state index is 13.1. The van der Waals surface area contributed by atoms with Crippen LogP contribution in [-0.4, -0.2) is 34.9 Å². The standard InChI is InChI=1S/C37H52Cl4N4O2/c1-2-3-4-5-6-7-8-9-10-11-12-13-14-15-16-17-19-28-20-18-21-30(24-28)44(45-35(46)27-33(41)37(45)47)34-22-23-43(42-34)36-31(39)25-29(38)26-32(36)40/h18,20-21,24-26,33-34,42H,2-17,19,22-23,27H2,1H3. The van der Waals surface area contributed by atoms with Gasteiger partial charge in [0.15, 0.2) is 0 Å². The highest BCUT2D eigenvalue weighted by atomic mass is 35.5. The molecule has 0 spiro atoms. The Balaban J connectivity index is 1.24. The van der Waals surface area contributed by atoms with Crippen LogP contribution < -0.4 is 15.4 Å². The van der Waals surface area contributed by atoms with Crippen LogP contribution in [0, 0.1) is 0 Å². The summed E-state index contributed by atoms with van der Waals surface area (Å²) in [4.78, 5) is 26.2. The van der Waals surface area contributed by atoms with Crippen LogP contribution in [0.1, 0.15) is 128 Å². The first kappa shape index (κ1) is 38.1. The van der Waals surface area contributed by atoms with Gasteiger partial charge in [0.25, 0.3) is 5.91 Å². The molecule has 2 amide bonds. The first-order valence-corrected chi connectivity index (χ1v) is 19.4. The van der Waals surface area contributed by atoms with Gasteiger partial charge in [-0.25, -0.2) is 5.43 Å². The summed E-state index contributed by atoms with van der Waals surface area (Å²) in [7, 11) is 0. The highest BCUT2D eigenvalue weighted by Crippen LogP contribution is 2.38. The Hall–Kier alpha value is -1.70. The van der Waals surface area contributed by atoms with E-state index in [0.717, 1.165) is 18.5 Å². The Kier molecular flexibility index (Phi) is 16.3. The highest BCUT2D eigenvalue weighted by molar-refractivity contribution is 6.41. The van der Waals surface area contributed by atoms with Crippen molar-refractivity contribution < 1.29 is 9.59 Å². The molecule has 6 nitrogen and oxygen atoms in total. The summed E-state index contributed by atoms with van der Waals surface area (Å²) >= 11 is 25.4. The lowest BCUT2D eigenvalue weighted by atomic mass is 10.0. The van der Waals surface area contributed by atoms with Gasteiger partial charge in [-0.2, -0.15) is 5.01 Å². The minimum Gasteiger partial charge on any atom is -0.303 e. The van der Waals surface area contributed by atoms with Gasteiger partial charge < -0.3 is 5.01 Å². The van der Waals surface area contributed by atoms with Gasteiger partial charge in [-0.05, 0) is 42.7 Å². The van der Waals surface area contributed by atoms with E-state index in [0.29, 0.717) is 33.7 Å². The van der Waals surface area contributed by atoms with Crippen molar-refractivity contribution in [1.29, 1.82) is 0 Å². The molecule has 2 aromatic rings. The SMILES string of the molecule is CCCCCCCCCCCCCCCCCCc1cccc(N(C2CCN(c3c(Cl)cc(Cl)cc3Cl)N2)N2C(=O)CC(Cl)C2=O)c1. The van der Waals surface area contributed by atoms with Gasteiger partial charge in [-0.15, -0.1) is 11.6 Å². The molecule has 2 unspecified atom stereocenters. The van der Waals surface area contributed by atoms with Crippen molar-refractivity contribution in [2.75, 3.05) is 16.6 Å². The van der Waals surface area contributed by atoms with Gasteiger partial charge in [-0.3, -0.25) is 14.6 Å². The van der Waals surface area contributed by atoms with Crippen molar-refractivity contribution in [3.63, 3.8) is 0 Å². The van der Waals surface area contributed by atoms with Gasteiger partial charge in [0.2, 0.25) is 5.91 Å². The van der Waals surface area contributed by atoms with Crippen molar-refractivity contribution in [1.82, 2.24) is 10.4 Å². The number of hydrazine groups is 2. The van der Waals surface area contributed by atoms with Crippen LogP contribution in [-0.2, 0) is 16.0 Å². The molecule has 1 N–H and O–H groups in total. The number of nitrogens with zero attached hydrogens (tertiary/aromatic N) is 3. The van der Waals surface area contributed by atoms with Gasteiger partial charge >= 0.3 is 0 Å². The Labute approximate surface area is 302 Å². The highest BCUT2D eigenvalue weighted by Gasteiger charge is 2.45. The largest absolute Gasteiger partial charge is 0.303 e. The third kappa shape index (κ3) is 11.4. The molecule has 10 heteroatoms.